The molecule has 0 bridgehead atoms. The molecule has 0 atom stereocenters. The molecule has 168 valence electrons. The Kier molecular flexibility index (Phi) is 7.40. The Labute approximate surface area is 181 Å². The van der Waals surface area contributed by atoms with Gasteiger partial charge < -0.3 is 5.32 Å². The van der Waals surface area contributed by atoms with Gasteiger partial charge in [0.05, 0.1) is 11.4 Å². The quantitative estimate of drug-likeness (QED) is 0.701. The normalized spacial score (nSPS) is 15.7. The number of piperazine rings is 1. The van der Waals surface area contributed by atoms with Gasteiger partial charge in [-0.25, -0.2) is 17.2 Å². The van der Waals surface area contributed by atoms with Gasteiger partial charge >= 0.3 is 0 Å². The van der Waals surface area contributed by atoms with Crippen molar-refractivity contribution in [3.8, 4) is 0 Å². The minimum absolute atomic E-state index is 0.0482. The lowest BCUT2D eigenvalue weighted by Gasteiger charge is -2.33. The van der Waals surface area contributed by atoms with Gasteiger partial charge in [0.15, 0.2) is 0 Å². The van der Waals surface area contributed by atoms with Gasteiger partial charge in [0, 0.05) is 38.3 Å². The van der Waals surface area contributed by atoms with E-state index in [9.17, 15) is 22.0 Å². The molecule has 1 saturated heterocycles. The van der Waals surface area contributed by atoms with Crippen LogP contribution in [0.3, 0.4) is 0 Å². The highest BCUT2D eigenvalue weighted by molar-refractivity contribution is 7.89. The summed E-state index contributed by atoms with van der Waals surface area (Å²) in [5.74, 6) is -1.52. The third-order valence-electron chi connectivity index (χ3n) is 5.57. The third-order valence-corrected chi connectivity index (χ3v) is 7.47. The molecule has 1 amide bonds. The van der Waals surface area contributed by atoms with Gasteiger partial charge in [-0.3, -0.25) is 9.69 Å². The summed E-state index contributed by atoms with van der Waals surface area (Å²) < 4.78 is 54.5. The monoisotopic (exact) mass is 451 g/mol. The van der Waals surface area contributed by atoms with Crippen molar-refractivity contribution in [2.75, 3.05) is 39.3 Å². The molecule has 31 heavy (non-hydrogen) atoms. The SMILES string of the molecule is Cc1ccc(S(=O)(=O)N2CCN(CC(=O)NCCc3c(F)cccc3F)CC2)cc1C. The van der Waals surface area contributed by atoms with E-state index in [4.69, 9.17) is 0 Å². The van der Waals surface area contributed by atoms with Crippen LogP contribution in [0.4, 0.5) is 8.78 Å². The molecule has 9 heteroatoms. The van der Waals surface area contributed by atoms with Crippen LogP contribution in [-0.2, 0) is 21.2 Å². The number of carbonyl (C=O) groups excluding carboxylic acids is 1. The molecule has 6 nitrogen and oxygen atoms in total. The average Bonchev–Trinajstić information content (AvgIpc) is 2.72. The van der Waals surface area contributed by atoms with Crippen molar-refractivity contribution in [2.24, 2.45) is 0 Å². The Balaban J connectivity index is 1.47. The van der Waals surface area contributed by atoms with Crippen LogP contribution < -0.4 is 5.32 Å². The maximum Gasteiger partial charge on any atom is 0.243 e. The molecular weight excluding hydrogens is 424 g/mol. The van der Waals surface area contributed by atoms with Crippen LogP contribution in [-0.4, -0.2) is 62.8 Å². The van der Waals surface area contributed by atoms with Gasteiger partial charge in [-0.1, -0.05) is 12.1 Å². The molecule has 0 spiro atoms. The first-order valence-electron chi connectivity index (χ1n) is 10.2. The summed E-state index contributed by atoms with van der Waals surface area (Å²) in [7, 11) is -3.57. The molecule has 1 aliphatic heterocycles. The molecule has 3 rings (SSSR count). The second kappa shape index (κ2) is 9.84. The van der Waals surface area contributed by atoms with Crippen LogP contribution in [0, 0.1) is 25.5 Å². The van der Waals surface area contributed by atoms with E-state index in [0.717, 1.165) is 11.1 Å². The van der Waals surface area contributed by atoms with Crippen molar-refractivity contribution in [2.45, 2.75) is 25.2 Å². The number of halogens is 2. The number of rotatable bonds is 7. The summed E-state index contributed by atoms with van der Waals surface area (Å²) in [6.07, 6.45) is 0.0617. The van der Waals surface area contributed by atoms with Crippen LogP contribution in [0.25, 0.3) is 0 Å². The average molecular weight is 452 g/mol. The van der Waals surface area contributed by atoms with Gasteiger partial charge in [-0.2, -0.15) is 4.31 Å². The number of carbonyl (C=O) groups is 1. The predicted octanol–water partition coefficient (Wildman–Crippen LogP) is 2.25. The highest BCUT2D eigenvalue weighted by Crippen LogP contribution is 2.20. The van der Waals surface area contributed by atoms with E-state index >= 15 is 0 Å². The summed E-state index contributed by atoms with van der Waals surface area (Å²) in [5.41, 5.74) is 1.91. The fraction of sp³-hybridized carbons (Fsp3) is 0.409. The Morgan fingerprint density at radius 1 is 1.00 bits per heavy atom. The third kappa shape index (κ3) is 5.66. The van der Waals surface area contributed by atoms with E-state index in [2.05, 4.69) is 5.32 Å². The summed E-state index contributed by atoms with van der Waals surface area (Å²) >= 11 is 0. The van der Waals surface area contributed by atoms with Crippen molar-refractivity contribution >= 4 is 15.9 Å². The number of sulfonamides is 1. The fourth-order valence-electron chi connectivity index (χ4n) is 3.51. The Bertz CT molecular complexity index is 1030. The van der Waals surface area contributed by atoms with Gasteiger partial charge in [0.25, 0.3) is 0 Å². The minimum atomic E-state index is -3.57. The summed E-state index contributed by atoms with van der Waals surface area (Å²) in [4.78, 5) is 14.3. The summed E-state index contributed by atoms with van der Waals surface area (Å²) in [6.45, 7) is 5.49. The van der Waals surface area contributed by atoms with Gasteiger partial charge in [0.1, 0.15) is 11.6 Å². The maximum atomic E-state index is 13.6. The zero-order valence-electron chi connectivity index (χ0n) is 17.7. The summed E-state index contributed by atoms with van der Waals surface area (Å²) in [6, 6.07) is 8.78. The van der Waals surface area contributed by atoms with Gasteiger partial charge in [0.2, 0.25) is 15.9 Å². The lowest BCUT2D eigenvalue weighted by atomic mass is 10.1. The van der Waals surface area contributed by atoms with Crippen molar-refractivity contribution < 1.29 is 22.0 Å². The second-order valence-electron chi connectivity index (χ2n) is 7.73. The number of hydrogen-bond acceptors (Lipinski definition) is 4. The topological polar surface area (TPSA) is 69.7 Å². The number of nitrogens with zero attached hydrogens (tertiary/aromatic N) is 2. The first-order valence-corrected chi connectivity index (χ1v) is 11.6. The van der Waals surface area contributed by atoms with Gasteiger partial charge in [-0.15, -0.1) is 0 Å². The highest BCUT2D eigenvalue weighted by atomic mass is 32.2. The lowest BCUT2D eigenvalue weighted by Crippen LogP contribution is -2.51. The molecule has 2 aromatic rings. The zero-order valence-corrected chi connectivity index (χ0v) is 18.5. The molecule has 1 fully saturated rings. The van der Waals surface area contributed by atoms with Crippen LogP contribution in [0.5, 0.6) is 0 Å². The van der Waals surface area contributed by atoms with Crippen molar-refractivity contribution in [3.05, 3.63) is 64.7 Å². The first-order chi connectivity index (χ1) is 14.7. The van der Waals surface area contributed by atoms with Crippen LogP contribution in [0.1, 0.15) is 16.7 Å². The molecule has 1 aliphatic rings. The minimum Gasteiger partial charge on any atom is -0.355 e. The lowest BCUT2D eigenvalue weighted by molar-refractivity contribution is -0.122. The maximum absolute atomic E-state index is 13.6. The predicted molar refractivity (Wildman–Crippen MR) is 114 cm³/mol. The van der Waals surface area contributed by atoms with E-state index in [0.29, 0.717) is 26.2 Å². The molecule has 0 unspecified atom stereocenters. The Morgan fingerprint density at radius 2 is 1.65 bits per heavy atom. The summed E-state index contributed by atoms with van der Waals surface area (Å²) in [5, 5.41) is 2.67. The number of hydrogen-bond donors (Lipinski definition) is 1. The number of aryl methyl sites for hydroxylation is 2. The van der Waals surface area contributed by atoms with E-state index < -0.39 is 21.7 Å². The highest BCUT2D eigenvalue weighted by Gasteiger charge is 2.29. The standard InChI is InChI=1S/C22H27F2N3O3S/c1-16-6-7-18(14-17(16)2)31(29,30)27-12-10-26(11-13-27)15-22(28)25-9-8-19-20(23)4-3-5-21(19)24/h3-7,14H,8-13,15H2,1-2H3,(H,25,28). The molecule has 1 heterocycles. The van der Waals surface area contributed by atoms with Crippen LogP contribution in [0.2, 0.25) is 0 Å². The molecule has 0 aromatic heterocycles. The molecule has 0 saturated carbocycles. The number of nitrogens with one attached hydrogen (secondary N) is 1. The second-order valence-corrected chi connectivity index (χ2v) is 9.66. The van der Waals surface area contributed by atoms with Gasteiger partial charge in [-0.05, 0) is 55.7 Å². The van der Waals surface area contributed by atoms with Crippen LogP contribution >= 0.6 is 0 Å². The van der Waals surface area contributed by atoms with E-state index in [1.807, 2.05) is 18.7 Å². The Hall–Kier alpha value is -2.36. The fourth-order valence-corrected chi connectivity index (χ4v) is 5.02. The van der Waals surface area contributed by atoms with E-state index in [-0.39, 0.29) is 35.9 Å². The molecule has 2 aromatic carbocycles. The van der Waals surface area contributed by atoms with Crippen molar-refractivity contribution in [1.82, 2.24) is 14.5 Å². The smallest absolute Gasteiger partial charge is 0.243 e. The largest absolute Gasteiger partial charge is 0.355 e. The molecule has 1 N–H and O–H groups in total. The van der Waals surface area contributed by atoms with E-state index in [1.54, 1.807) is 18.2 Å². The number of amides is 1. The van der Waals surface area contributed by atoms with E-state index in [1.165, 1.54) is 22.5 Å². The first kappa shape index (κ1) is 23.3. The zero-order chi connectivity index (χ0) is 22.6. The van der Waals surface area contributed by atoms with Crippen molar-refractivity contribution in [1.29, 1.82) is 0 Å². The van der Waals surface area contributed by atoms with Crippen LogP contribution in [0.15, 0.2) is 41.3 Å². The number of benzene rings is 2. The Morgan fingerprint density at radius 3 is 2.26 bits per heavy atom. The molecule has 0 radical (unpaired) electrons. The molecule has 0 aliphatic carbocycles. The molecular formula is C22H27F2N3O3S. The van der Waals surface area contributed by atoms with Crippen molar-refractivity contribution in [3.63, 3.8) is 0 Å².